The number of carbonyl (C=O) groups excluding carboxylic acids is 2. The van der Waals surface area contributed by atoms with Gasteiger partial charge in [-0.25, -0.2) is 0 Å². The first-order valence-electron chi connectivity index (χ1n) is 7.53. The summed E-state index contributed by atoms with van der Waals surface area (Å²) in [5.41, 5.74) is 0.958. The van der Waals surface area contributed by atoms with E-state index >= 15 is 0 Å². The van der Waals surface area contributed by atoms with E-state index in [2.05, 4.69) is 5.32 Å². The summed E-state index contributed by atoms with van der Waals surface area (Å²) in [6.45, 7) is 0.442. The SMILES string of the molecule is O=C(CCCNC(=O)c1ccccc1O)OCc1ccccc1Cl. The van der Waals surface area contributed by atoms with Crippen LogP contribution >= 0.6 is 11.6 Å². The molecule has 0 bridgehead atoms. The average molecular weight is 348 g/mol. The lowest BCUT2D eigenvalue weighted by Crippen LogP contribution is -2.25. The lowest BCUT2D eigenvalue weighted by Gasteiger charge is -2.08. The molecule has 0 heterocycles. The van der Waals surface area contributed by atoms with Crippen molar-refractivity contribution in [3.63, 3.8) is 0 Å². The number of benzene rings is 2. The maximum Gasteiger partial charge on any atom is 0.306 e. The maximum absolute atomic E-state index is 11.9. The van der Waals surface area contributed by atoms with E-state index in [9.17, 15) is 14.7 Å². The Bertz CT molecular complexity index is 718. The van der Waals surface area contributed by atoms with Crippen molar-refractivity contribution in [2.24, 2.45) is 0 Å². The summed E-state index contributed by atoms with van der Waals surface area (Å²) in [5, 5.41) is 12.8. The smallest absolute Gasteiger partial charge is 0.306 e. The Morgan fingerprint density at radius 2 is 1.79 bits per heavy atom. The van der Waals surface area contributed by atoms with Crippen LogP contribution in [0.2, 0.25) is 5.02 Å². The molecule has 0 aliphatic heterocycles. The molecule has 0 spiro atoms. The van der Waals surface area contributed by atoms with Crippen molar-refractivity contribution in [3.05, 3.63) is 64.7 Å². The van der Waals surface area contributed by atoms with Gasteiger partial charge in [0, 0.05) is 23.6 Å². The standard InChI is InChI=1S/C18H18ClNO4/c19-15-8-3-1-6-13(15)12-24-17(22)10-5-11-20-18(23)14-7-2-4-9-16(14)21/h1-4,6-9,21H,5,10-12H2,(H,20,23). The van der Waals surface area contributed by atoms with Crippen LogP contribution in [0.15, 0.2) is 48.5 Å². The van der Waals surface area contributed by atoms with Gasteiger partial charge in [-0.3, -0.25) is 9.59 Å². The lowest BCUT2D eigenvalue weighted by molar-refractivity contribution is -0.145. The van der Waals surface area contributed by atoms with Gasteiger partial charge in [0.15, 0.2) is 0 Å². The number of esters is 1. The van der Waals surface area contributed by atoms with Gasteiger partial charge in [-0.05, 0) is 24.6 Å². The number of nitrogens with one attached hydrogen (secondary N) is 1. The van der Waals surface area contributed by atoms with E-state index < -0.39 is 0 Å². The third-order valence-corrected chi connectivity index (χ3v) is 3.71. The first kappa shape index (κ1) is 17.8. The lowest BCUT2D eigenvalue weighted by atomic mass is 10.2. The van der Waals surface area contributed by atoms with E-state index in [1.165, 1.54) is 12.1 Å². The molecule has 6 heteroatoms. The van der Waals surface area contributed by atoms with Crippen LogP contribution in [0.5, 0.6) is 5.75 Å². The molecule has 2 N–H and O–H groups in total. The zero-order valence-electron chi connectivity index (χ0n) is 13.0. The zero-order chi connectivity index (χ0) is 17.4. The van der Waals surface area contributed by atoms with Crippen LogP contribution in [0.3, 0.4) is 0 Å². The zero-order valence-corrected chi connectivity index (χ0v) is 13.8. The monoisotopic (exact) mass is 347 g/mol. The van der Waals surface area contributed by atoms with Crippen LogP contribution in [0.25, 0.3) is 0 Å². The number of halogens is 1. The Morgan fingerprint density at radius 3 is 2.54 bits per heavy atom. The molecule has 5 nitrogen and oxygen atoms in total. The molecule has 0 saturated heterocycles. The number of amides is 1. The summed E-state index contributed by atoms with van der Waals surface area (Å²) in [7, 11) is 0. The van der Waals surface area contributed by atoms with Gasteiger partial charge in [-0.15, -0.1) is 0 Å². The van der Waals surface area contributed by atoms with Crippen molar-refractivity contribution >= 4 is 23.5 Å². The number of para-hydroxylation sites is 1. The van der Waals surface area contributed by atoms with Gasteiger partial charge >= 0.3 is 5.97 Å². The molecule has 0 aliphatic rings. The summed E-state index contributed by atoms with van der Waals surface area (Å²) in [5.74, 6) is -0.807. The maximum atomic E-state index is 11.9. The molecular weight excluding hydrogens is 330 g/mol. The molecule has 0 unspecified atom stereocenters. The van der Waals surface area contributed by atoms with Crippen molar-refractivity contribution < 1.29 is 19.4 Å². The van der Waals surface area contributed by atoms with Crippen LogP contribution < -0.4 is 5.32 Å². The van der Waals surface area contributed by atoms with Crippen LogP contribution in [0.1, 0.15) is 28.8 Å². The number of phenolic OH excluding ortho intramolecular Hbond substituents is 1. The molecule has 0 fully saturated rings. The Labute approximate surface area is 145 Å². The second kappa shape index (κ2) is 8.93. The molecule has 24 heavy (non-hydrogen) atoms. The Morgan fingerprint density at radius 1 is 1.08 bits per heavy atom. The van der Waals surface area contributed by atoms with E-state index in [0.717, 1.165) is 5.56 Å². The van der Waals surface area contributed by atoms with Gasteiger partial charge in [-0.2, -0.15) is 0 Å². The Balaban J connectivity index is 1.67. The molecule has 2 aromatic rings. The quantitative estimate of drug-likeness (QED) is 0.595. The number of carbonyl (C=O) groups is 2. The molecule has 0 atom stereocenters. The van der Waals surface area contributed by atoms with Gasteiger partial charge in [-0.1, -0.05) is 41.9 Å². The fraction of sp³-hybridized carbons (Fsp3) is 0.222. The van der Waals surface area contributed by atoms with E-state index in [-0.39, 0.29) is 36.2 Å². The highest BCUT2D eigenvalue weighted by Gasteiger charge is 2.10. The summed E-state index contributed by atoms with van der Waals surface area (Å²) in [4.78, 5) is 23.5. The van der Waals surface area contributed by atoms with Crippen molar-refractivity contribution in [1.29, 1.82) is 0 Å². The number of ether oxygens (including phenoxy) is 1. The first-order chi connectivity index (χ1) is 11.6. The molecule has 0 radical (unpaired) electrons. The molecule has 0 aromatic heterocycles. The largest absolute Gasteiger partial charge is 0.507 e. The second-order valence-corrected chi connectivity index (χ2v) is 5.54. The number of aromatic hydroxyl groups is 1. The van der Waals surface area contributed by atoms with Gasteiger partial charge in [0.2, 0.25) is 0 Å². The van der Waals surface area contributed by atoms with Gasteiger partial charge in [0.25, 0.3) is 5.91 Å². The highest BCUT2D eigenvalue weighted by atomic mass is 35.5. The predicted molar refractivity (Wildman–Crippen MR) is 90.9 cm³/mol. The Kier molecular flexibility index (Phi) is 6.63. The van der Waals surface area contributed by atoms with Crippen LogP contribution in [0, 0.1) is 0 Å². The predicted octanol–water partition coefficient (Wildman–Crippen LogP) is 3.30. The van der Waals surface area contributed by atoms with E-state index in [1.807, 2.05) is 6.07 Å². The highest BCUT2D eigenvalue weighted by molar-refractivity contribution is 6.31. The highest BCUT2D eigenvalue weighted by Crippen LogP contribution is 2.16. The molecule has 1 amide bonds. The third-order valence-electron chi connectivity index (χ3n) is 3.34. The molecule has 0 aliphatic carbocycles. The normalized spacial score (nSPS) is 10.2. The van der Waals surface area contributed by atoms with Crippen molar-refractivity contribution in [2.75, 3.05) is 6.54 Å². The van der Waals surface area contributed by atoms with Crippen LogP contribution in [-0.2, 0) is 16.1 Å². The summed E-state index contributed by atoms with van der Waals surface area (Å²) < 4.78 is 5.14. The fourth-order valence-electron chi connectivity index (χ4n) is 2.04. The van der Waals surface area contributed by atoms with Gasteiger partial charge in [0.05, 0.1) is 5.56 Å². The third kappa shape index (κ3) is 5.28. The topological polar surface area (TPSA) is 75.6 Å². The van der Waals surface area contributed by atoms with E-state index in [1.54, 1.807) is 30.3 Å². The summed E-state index contributed by atoms with van der Waals surface area (Å²) >= 11 is 5.98. The first-order valence-corrected chi connectivity index (χ1v) is 7.91. The van der Waals surface area contributed by atoms with Crippen molar-refractivity contribution in [3.8, 4) is 5.75 Å². The van der Waals surface area contributed by atoms with Crippen LogP contribution in [0.4, 0.5) is 0 Å². The summed E-state index contributed by atoms with van der Waals surface area (Å²) in [6, 6.07) is 13.4. The average Bonchev–Trinajstić information content (AvgIpc) is 2.58. The van der Waals surface area contributed by atoms with Crippen molar-refractivity contribution in [1.82, 2.24) is 5.32 Å². The summed E-state index contributed by atoms with van der Waals surface area (Å²) in [6.07, 6.45) is 0.631. The molecule has 0 saturated carbocycles. The Hall–Kier alpha value is -2.53. The second-order valence-electron chi connectivity index (χ2n) is 5.13. The fourth-order valence-corrected chi connectivity index (χ4v) is 2.23. The van der Waals surface area contributed by atoms with Crippen LogP contribution in [-0.4, -0.2) is 23.5 Å². The minimum Gasteiger partial charge on any atom is -0.507 e. The molecule has 2 aromatic carbocycles. The minimum atomic E-state index is -0.377. The molecule has 2 rings (SSSR count). The van der Waals surface area contributed by atoms with Gasteiger partial charge in [0.1, 0.15) is 12.4 Å². The molecular formula is C18H18ClNO4. The number of rotatable bonds is 7. The number of hydrogen-bond acceptors (Lipinski definition) is 4. The number of phenols is 1. The molecule has 126 valence electrons. The number of hydrogen-bond donors (Lipinski definition) is 2. The van der Waals surface area contributed by atoms with E-state index in [0.29, 0.717) is 18.0 Å². The van der Waals surface area contributed by atoms with E-state index in [4.69, 9.17) is 16.3 Å². The van der Waals surface area contributed by atoms with Crippen molar-refractivity contribution in [2.45, 2.75) is 19.4 Å². The van der Waals surface area contributed by atoms with Gasteiger partial charge < -0.3 is 15.2 Å². The minimum absolute atomic E-state index is 0.0749.